The fourth-order valence-corrected chi connectivity index (χ4v) is 1.44. The van der Waals surface area contributed by atoms with Gasteiger partial charge in [-0.3, -0.25) is 0 Å². The predicted octanol–water partition coefficient (Wildman–Crippen LogP) is 0.907. The fourth-order valence-electron chi connectivity index (χ4n) is 1.44. The minimum atomic E-state index is 0.553. The normalized spacial score (nSPS) is 23.2. The number of aromatic nitrogens is 2. The largest absolute Gasteiger partial charge is 0.361 e. The molecule has 1 saturated heterocycles. The number of rotatable bonds is 1. The molecule has 0 spiro atoms. The molecule has 1 aromatic rings. The van der Waals surface area contributed by atoms with E-state index in [4.69, 9.17) is 4.74 Å². The first kappa shape index (κ1) is 8.44. The lowest BCUT2D eigenvalue weighted by Gasteiger charge is -2.30. The summed E-state index contributed by atoms with van der Waals surface area (Å²) < 4.78 is 5.39. The minimum absolute atomic E-state index is 0.553. The molecule has 1 fully saturated rings. The van der Waals surface area contributed by atoms with Crippen molar-refractivity contribution in [1.29, 1.82) is 0 Å². The Hall–Kier alpha value is -1.16. The highest BCUT2D eigenvalue weighted by Crippen LogP contribution is 2.13. The van der Waals surface area contributed by atoms with Crippen molar-refractivity contribution in [2.45, 2.75) is 6.92 Å². The molecule has 4 nitrogen and oxygen atoms in total. The van der Waals surface area contributed by atoms with Crippen LogP contribution >= 0.6 is 0 Å². The van der Waals surface area contributed by atoms with Gasteiger partial charge in [-0.1, -0.05) is 6.92 Å². The molecule has 0 amide bonds. The van der Waals surface area contributed by atoms with Crippen LogP contribution in [-0.4, -0.2) is 29.9 Å². The molecule has 1 aromatic heterocycles. The number of ether oxygens (including phenoxy) is 1. The van der Waals surface area contributed by atoms with Crippen LogP contribution in [-0.2, 0) is 4.74 Å². The number of hydrogen-bond donors (Lipinski definition) is 0. The second-order valence-electron chi connectivity index (χ2n) is 3.38. The van der Waals surface area contributed by atoms with E-state index in [1.54, 1.807) is 12.4 Å². The molecule has 13 heavy (non-hydrogen) atoms. The van der Waals surface area contributed by atoms with E-state index < -0.39 is 0 Å². The maximum atomic E-state index is 5.39. The van der Waals surface area contributed by atoms with Gasteiger partial charge in [-0.25, -0.2) is 9.97 Å². The van der Waals surface area contributed by atoms with E-state index in [1.165, 1.54) is 0 Å². The van der Waals surface area contributed by atoms with E-state index in [1.807, 2.05) is 11.0 Å². The lowest BCUT2D eigenvalue weighted by atomic mass is 10.2. The molecule has 2 rings (SSSR count). The van der Waals surface area contributed by atoms with Gasteiger partial charge < -0.3 is 9.64 Å². The molecule has 1 aliphatic rings. The summed E-state index contributed by atoms with van der Waals surface area (Å²) in [5, 5.41) is 0. The van der Waals surface area contributed by atoms with Gasteiger partial charge >= 0.3 is 0 Å². The number of nitrogens with zero attached hydrogens (tertiary/aromatic N) is 3. The molecule has 0 radical (unpaired) electrons. The highest BCUT2D eigenvalue weighted by molar-refractivity contribution is 5.27. The van der Waals surface area contributed by atoms with Crippen LogP contribution in [0.1, 0.15) is 6.92 Å². The first-order valence-corrected chi connectivity index (χ1v) is 4.46. The maximum Gasteiger partial charge on any atom is 0.227 e. The standard InChI is InChI=1S/C9H13N3O/c1-8-5-12(7-13-6-8)9-10-3-2-4-11-9/h2-4,8H,5-7H2,1H3. The van der Waals surface area contributed by atoms with Crippen LogP contribution in [0.3, 0.4) is 0 Å². The second kappa shape index (κ2) is 3.70. The van der Waals surface area contributed by atoms with Crippen molar-refractivity contribution in [3.05, 3.63) is 18.5 Å². The predicted molar refractivity (Wildman–Crippen MR) is 49.4 cm³/mol. The summed E-state index contributed by atoms with van der Waals surface area (Å²) in [7, 11) is 0. The Balaban J connectivity index is 2.08. The third-order valence-corrected chi connectivity index (χ3v) is 2.02. The monoisotopic (exact) mass is 179 g/mol. The van der Waals surface area contributed by atoms with Gasteiger partial charge in [0.1, 0.15) is 6.73 Å². The van der Waals surface area contributed by atoms with Crippen LogP contribution < -0.4 is 4.90 Å². The minimum Gasteiger partial charge on any atom is -0.361 e. The van der Waals surface area contributed by atoms with Crippen molar-refractivity contribution in [2.24, 2.45) is 5.92 Å². The van der Waals surface area contributed by atoms with Gasteiger partial charge in [-0.2, -0.15) is 0 Å². The molecule has 0 bridgehead atoms. The molecular weight excluding hydrogens is 166 g/mol. The van der Waals surface area contributed by atoms with Crippen LogP contribution in [0, 0.1) is 5.92 Å². The molecule has 70 valence electrons. The number of anilines is 1. The van der Waals surface area contributed by atoms with E-state index in [-0.39, 0.29) is 0 Å². The van der Waals surface area contributed by atoms with Crippen molar-refractivity contribution >= 4 is 5.95 Å². The summed E-state index contributed by atoms with van der Waals surface area (Å²) in [6.07, 6.45) is 3.50. The third kappa shape index (κ3) is 1.95. The topological polar surface area (TPSA) is 38.2 Å². The summed E-state index contributed by atoms with van der Waals surface area (Å²) in [4.78, 5) is 10.4. The molecule has 0 aromatic carbocycles. The molecule has 4 heteroatoms. The Labute approximate surface area is 77.6 Å². The quantitative estimate of drug-likeness (QED) is 0.642. The number of hydrogen-bond acceptors (Lipinski definition) is 4. The van der Waals surface area contributed by atoms with Crippen LogP contribution in [0.15, 0.2) is 18.5 Å². The first-order valence-electron chi connectivity index (χ1n) is 4.46. The average Bonchev–Trinajstić information content (AvgIpc) is 2.19. The van der Waals surface area contributed by atoms with Crippen molar-refractivity contribution in [2.75, 3.05) is 24.8 Å². The van der Waals surface area contributed by atoms with E-state index in [9.17, 15) is 0 Å². The zero-order valence-corrected chi connectivity index (χ0v) is 7.68. The van der Waals surface area contributed by atoms with E-state index in [0.29, 0.717) is 12.6 Å². The van der Waals surface area contributed by atoms with Gasteiger partial charge in [0.2, 0.25) is 5.95 Å². The molecule has 1 atom stereocenters. The zero-order chi connectivity index (χ0) is 9.10. The fraction of sp³-hybridized carbons (Fsp3) is 0.556. The summed E-state index contributed by atoms with van der Waals surface area (Å²) in [5.74, 6) is 1.31. The Morgan fingerprint density at radius 2 is 2.23 bits per heavy atom. The summed E-state index contributed by atoms with van der Waals surface area (Å²) in [6, 6.07) is 1.82. The van der Waals surface area contributed by atoms with Gasteiger partial charge in [0.25, 0.3) is 0 Å². The van der Waals surface area contributed by atoms with Gasteiger partial charge in [0, 0.05) is 18.9 Å². The Morgan fingerprint density at radius 1 is 1.46 bits per heavy atom. The van der Waals surface area contributed by atoms with E-state index in [2.05, 4.69) is 16.9 Å². The van der Waals surface area contributed by atoms with E-state index in [0.717, 1.165) is 19.1 Å². The molecular formula is C9H13N3O. The summed E-state index contributed by atoms with van der Waals surface area (Å²) in [5.41, 5.74) is 0. The van der Waals surface area contributed by atoms with Crippen molar-refractivity contribution in [1.82, 2.24) is 9.97 Å². The lowest BCUT2D eigenvalue weighted by Crippen LogP contribution is -2.39. The van der Waals surface area contributed by atoms with Crippen molar-refractivity contribution < 1.29 is 4.74 Å². The van der Waals surface area contributed by atoms with Crippen LogP contribution in [0.5, 0.6) is 0 Å². The average molecular weight is 179 g/mol. The van der Waals surface area contributed by atoms with Crippen LogP contribution in [0.4, 0.5) is 5.95 Å². The van der Waals surface area contributed by atoms with Crippen molar-refractivity contribution in [3.8, 4) is 0 Å². The highest BCUT2D eigenvalue weighted by atomic mass is 16.5. The maximum absolute atomic E-state index is 5.39. The van der Waals surface area contributed by atoms with Gasteiger partial charge in [-0.05, 0) is 12.0 Å². The molecule has 1 aliphatic heterocycles. The molecule has 0 saturated carbocycles. The second-order valence-corrected chi connectivity index (χ2v) is 3.38. The molecule has 2 heterocycles. The van der Waals surface area contributed by atoms with Gasteiger partial charge in [0.05, 0.1) is 6.61 Å². The Kier molecular flexibility index (Phi) is 2.40. The van der Waals surface area contributed by atoms with Crippen LogP contribution in [0.2, 0.25) is 0 Å². The van der Waals surface area contributed by atoms with Crippen molar-refractivity contribution in [3.63, 3.8) is 0 Å². The Bertz CT molecular complexity index is 265. The van der Waals surface area contributed by atoms with Gasteiger partial charge in [-0.15, -0.1) is 0 Å². The summed E-state index contributed by atoms with van der Waals surface area (Å²) in [6.45, 7) is 4.58. The molecule has 0 N–H and O–H groups in total. The first-order chi connectivity index (χ1) is 6.36. The highest BCUT2D eigenvalue weighted by Gasteiger charge is 2.18. The third-order valence-electron chi connectivity index (χ3n) is 2.02. The summed E-state index contributed by atoms with van der Waals surface area (Å²) >= 11 is 0. The zero-order valence-electron chi connectivity index (χ0n) is 7.68. The smallest absolute Gasteiger partial charge is 0.227 e. The molecule has 1 unspecified atom stereocenters. The Morgan fingerprint density at radius 3 is 2.92 bits per heavy atom. The van der Waals surface area contributed by atoms with E-state index >= 15 is 0 Å². The van der Waals surface area contributed by atoms with Crippen LogP contribution in [0.25, 0.3) is 0 Å². The van der Waals surface area contributed by atoms with Gasteiger partial charge in [0.15, 0.2) is 0 Å². The SMILES string of the molecule is CC1COCN(c2ncccn2)C1. The molecule has 0 aliphatic carbocycles. The lowest BCUT2D eigenvalue weighted by molar-refractivity contribution is 0.0731.